The van der Waals surface area contributed by atoms with Crippen LogP contribution >= 0.6 is 0 Å². The zero-order chi connectivity index (χ0) is 11.3. The second-order valence-corrected chi connectivity index (χ2v) is 4.42. The molecule has 0 aromatic carbocycles. The molecular weight excluding hydrogens is 194 g/mol. The van der Waals surface area contributed by atoms with Crippen molar-refractivity contribution in [3.05, 3.63) is 0 Å². The molecule has 4 heteroatoms. The summed E-state index contributed by atoms with van der Waals surface area (Å²) in [6.45, 7) is 2.27. The standard InChI is InChI=1S/C11H19NO3/c1-8(13)12-7-10-4-2-9(3-5-10)6-11(14)15/h9-10H,2-7H2,1H3,(H,12,13)(H,14,15). The molecule has 1 fully saturated rings. The molecule has 0 aromatic rings. The van der Waals surface area contributed by atoms with Crippen molar-refractivity contribution in [3.63, 3.8) is 0 Å². The lowest BCUT2D eigenvalue weighted by atomic mass is 9.80. The molecule has 1 saturated carbocycles. The van der Waals surface area contributed by atoms with E-state index in [1.807, 2.05) is 0 Å². The smallest absolute Gasteiger partial charge is 0.303 e. The van der Waals surface area contributed by atoms with Gasteiger partial charge in [-0.25, -0.2) is 0 Å². The van der Waals surface area contributed by atoms with Crippen LogP contribution in [0, 0.1) is 11.8 Å². The van der Waals surface area contributed by atoms with Gasteiger partial charge >= 0.3 is 5.97 Å². The van der Waals surface area contributed by atoms with E-state index in [1.54, 1.807) is 0 Å². The van der Waals surface area contributed by atoms with E-state index in [-0.39, 0.29) is 5.91 Å². The van der Waals surface area contributed by atoms with Crippen LogP contribution in [0.2, 0.25) is 0 Å². The maximum absolute atomic E-state index is 10.7. The van der Waals surface area contributed by atoms with Gasteiger partial charge in [-0.2, -0.15) is 0 Å². The number of nitrogens with one attached hydrogen (secondary N) is 1. The van der Waals surface area contributed by atoms with Gasteiger partial charge in [0, 0.05) is 19.9 Å². The van der Waals surface area contributed by atoms with E-state index < -0.39 is 5.97 Å². The third-order valence-corrected chi connectivity index (χ3v) is 3.07. The van der Waals surface area contributed by atoms with Crippen molar-refractivity contribution in [1.82, 2.24) is 5.32 Å². The molecule has 1 amide bonds. The van der Waals surface area contributed by atoms with E-state index in [1.165, 1.54) is 6.92 Å². The van der Waals surface area contributed by atoms with Crippen LogP contribution in [-0.2, 0) is 9.59 Å². The Labute approximate surface area is 90.0 Å². The first-order valence-corrected chi connectivity index (χ1v) is 5.54. The van der Waals surface area contributed by atoms with Crippen LogP contribution in [0.15, 0.2) is 0 Å². The Morgan fingerprint density at radius 3 is 2.20 bits per heavy atom. The monoisotopic (exact) mass is 213 g/mol. The molecule has 0 aromatic heterocycles. The summed E-state index contributed by atoms with van der Waals surface area (Å²) in [5, 5.41) is 11.5. The second-order valence-electron chi connectivity index (χ2n) is 4.42. The van der Waals surface area contributed by atoms with Crippen LogP contribution in [-0.4, -0.2) is 23.5 Å². The number of hydrogen-bond acceptors (Lipinski definition) is 2. The van der Waals surface area contributed by atoms with Crippen LogP contribution < -0.4 is 5.32 Å². The molecule has 0 spiro atoms. The highest BCUT2D eigenvalue weighted by Crippen LogP contribution is 2.30. The first-order valence-electron chi connectivity index (χ1n) is 5.54. The van der Waals surface area contributed by atoms with E-state index in [4.69, 9.17) is 5.11 Å². The van der Waals surface area contributed by atoms with Crippen LogP contribution in [0.5, 0.6) is 0 Å². The maximum atomic E-state index is 10.7. The quantitative estimate of drug-likeness (QED) is 0.742. The fraction of sp³-hybridized carbons (Fsp3) is 0.818. The Morgan fingerprint density at radius 1 is 1.20 bits per heavy atom. The molecule has 15 heavy (non-hydrogen) atoms. The molecule has 0 bridgehead atoms. The van der Waals surface area contributed by atoms with Gasteiger partial charge in [-0.3, -0.25) is 9.59 Å². The van der Waals surface area contributed by atoms with Crippen molar-refractivity contribution in [2.45, 2.75) is 39.0 Å². The number of carbonyl (C=O) groups is 2. The van der Waals surface area contributed by atoms with E-state index >= 15 is 0 Å². The molecule has 0 radical (unpaired) electrons. The summed E-state index contributed by atoms with van der Waals surface area (Å²) in [7, 11) is 0. The maximum Gasteiger partial charge on any atom is 0.303 e. The van der Waals surface area contributed by atoms with Gasteiger partial charge in [-0.15, -0.1) is 0 Å². The van der Waals surface area contributed by atoms with Crippen molar-refractivity contribution >= 4 is 11.9 Å². The average molecular weight is 213 g/mol. The highest BCUT2D eigenvalue weighted by molar-refractivity contribution is 5.72. The van der Waals surface area contributed by atoms with Crippen LogP contribution in [0.3, 0.4) is 0 Å². The van der Waals surface area contributed by atoms with E-state index in [2.05, 4.69) is 5.32 Å². The van der Waals surface area contributed by atoms with Gasteiger partial charge in [0.25, 0.3) is 0 Å². The molecule has 0 aliphatic heterocycles. The number of hydrogen-bond donors (Lipinski definition) is 2. The van der Waals surface area contributed by atoms with Crippen molar-refractivity contribution < 1.29 is 14.7 Å². The molecule has 1 aliphatic rings. The first kappa shape index (κ1) is 12.0. The van der Waals surface area contributed by atoms with Gasteiger partial charge < -0.3 is 10.4 Å². The molecule has 2 N–H and O–H groups in total. The third kappa shape index (κ3) is 4.81. The zero-order valence-corrected chi connectivity index (χ0v) is 9.16. The summed E-state index contributed by atoms with van der Waals surface area (Å²) >= 11 is 0. The highest BCUT2D eigenvalue weighted by atomic mass is 16.4. The van der Waals surface area contributed by atoms with Gasteiger partial charge in [0.15, 0.2) is 0 Å². The molecule has 86 valence electrons. The summed E-state index contributed by atoms with van der Waals surface area (Å²) in [6.07, 6.45) is 4.34. The molecule has 0 unspecified atom stereocenters. The lowest BCUT2D eigenvalue weighted by molar-refractivity contribution is -0.138. The fourth-order valence-electron chi connectivity index (χ4n) is 2.17. The number of amides is 1. The van der Waals surface area contributed by atoms with Gasteiger partial charge in [0.2, 0.25) is 5.91 Å². The number of carboxylic acid groups (broad SMARTS) is 1. The Hall–Kier alpha value is -1.06. The lowest BCUT2D eigenvalue weighted by Crippen LogP contribution is -2.29. The summed E-state index contributed by atoms with van der Waals surface area (Å²) in [5.74, 6) is 0.206. The van der Waals surface area contributed by atoms with Crippen molar-refractivity contribution in [2.24, 2.45) is 11.8 Å². The predicted octanol–water partition coefficient (Wildman–Crippen LogP) is 1.40. The second kappa shape index (κ2) is 5.73. The Morgan fingerprint density at radius 2 is 1.73 bits per heavy atom. The normalized spacial score (nSPS) is 25.9. The number of aliphatic carboxylic acids is 1. The van der Waals surface area contributed by atoms with Crippen LogP contribution in [0.4, 0.5) is 0 Å². The fourth-order valence-corrected chi connectivity index (χ4v) is 2.17. The Bertz CT molecular complexity index is 232. The van der Waals surface area contributed by atoms with Gasteiger partial charge in [0.05, 0.1) is 0 Å². The predicted molar refractivity (Wildman–Crippen MR) is 56.4 cm³/mol. The van der Waals surface area contributed by atoms with Crippen molar-refractivity contribution in [2.75, 3.05) is 6.54 Å². The lowest BCUT2D eigenvalue weighted by Gasteiger charge is -2.27. The molecule has 4 nitrogen and oxygen atoms in total. The molecule has 0 heterocycles. The van der Waals surface area contributed by atoms with E-state index in [0.29, 0.717) is 18.3 Å². The molecule has 1 aliphatic carbocycles. The van der Waals surface area contributed by atoms with E-state index in [9.17, 15) is 9.59 Å². The van der Waals surface area contributed by atoms with Crippen LogP contribution in [0.1, 0.15) is 39.0 Å². The van der Waals surface area contributed by atoms with Gasteiger partial charge in [-0.05, 0) is 37.5 Å². The molecule has 0 atom stereocenters. The number of rotatable bonds is 4. The zero-order valence-electron chi connectivity index (χ0n) is 9.16. The van der Waals surface area contributed by atoms with Crippen molar-refractivity contribution in [3.8, 4) is 0 Å². The Balaban J connectivity index is 2.18. The SMILES string of the molecule is CC(=O)NCC1CCC(CC(=O)O)CC1. The summed E-state index contributed by atoms with van der Waals surface area (Å²) in [5.41, 5.74) is 0. The summed E-state index contributed by atoms with van der Waals surface area (Å²) in [4.78, 5) is 21.2. The Kier molecular flexibility index (Phi) is 4.59. The first-order chi connectivity index (χ1) is 7.08. The van der Waals surface area contributed by atoms with Gasteiger partial charge in [-0.1, -0.05) is 0 Å². The minimum absolute atomic E-state index is 0.0164. The molecular formula is C11H19NO3. The largest absolute Gasteiger partial charge is 0.481 e. The minimum atomic E-state index is -0.694. The van der Waals surface area contributed by atoms with Crippen LogP contribution in [0.25, 0.3) is 0 Å². The third-order valence-electron chi connectivity index (χ3n) is 3.07. The summed E-state index contributed by atoms with van der Waals surface area (Å²) < 4.78 is 0. The van der Waals surface area contributed by atoms with Crippen molar-refractivity contribution in [1.29, 1.82) is 0 Å². The summed E-state index contributed by atoms with van der Waals surface area (Å²) in [6, 6.07) is 0. The van der Waals surface area contributed by atoms with E-state index in [0.717, 1.165) is 32.2 Å². The molecule has 1 rings (SSSR count). The highest BCUT2D eigenvalue weighted by Gasteiger charge is 2.22. The van der Waals surface area contributed by atoms with Gasteiger partial charge in [0.1, 0.15) is 0 Å². The topological polar surface area (TPSA) is 66.4 Å². The molecule has 0 saturated heterocycles. The number of carboxylic acids is 1. The number of carbonyl (C=O) groups excluding carboxylic acids is 1. The minimum Gasteiger partial charge on any atom is -0.481 e. The average Bonchev–Trinajstić information content (AvgIpc) is 2.16.